The molecule has 8 heteroatoms. The number of hydrogen-bond acceptors (Lipinski definition) is 7. The monoisotopic (exact) mass is 371 g/mol. The van der Waals surface area contributed by atoms with Gasteiger partial charge in [0, 0.05) is 6.07 Å². The number of carbonyl (C=O) groups is 1. The fraction of sp³-hybridized carbons (Fsp3) is 0.118. The van der Waals surface area contributed by atoms with Gasteiger partial charge in [0.05, 0.1) is 17.2 Å². The molecule has 4 rings (SSSR count). The molecule has 1 aromatic carbocycles. The Balaban J connectivity index is 1.29. The maximum absolute atomic E-state index is 12.0. The highest BCUT2D eigenvalue weighted by Crippen LogP contribution is 2.25. The number of aromatic nitrogens is 2. The van der Waals surface area contributed by atoms with E-state index in [2.05, 4.69) is 15.5 Å². The number of amides is 1. The molecule has 3 heterocycles. The van der Waals surface area contributed by atoms with Crippen LogP contribution in [0.3, 0.4) is 0 Å². The van der Waals surface area contributed by atoms with Gasteiger partial charge in [-0.15, -0.1) is 11.3 Å². The molecule has 0 aliphatic rings. The summed E-state index contributed by atoms with van der Waals surface area (Å²) < 4.78 is 10.9. The number of thiophene rings is 1. The molecular weight excluding hydrogens is 358 g/mol. The summed E-state index contributed by atoms with van der Waals surface area (Å²) in [4.78, 5) is 17.3. The van der Waals surface area contributed by atoms with Gasteiger partial charge in [-0.25, -0.2) is 4.98 Å². The molecule has 0 atom stereocenters. The van der Waals surface area contributed by atoms with Crippen molar-refractivity contribution < 1.29 is 13.7 Å². The third-order valence-electron chi connectivity index (χ3n) is 3.39. The predicted octanol–water partition coefficient (Wildman–Crippen LogP) is 3.95. The van der Waals surface area contributed by atoms with Crippen LogP contribution in [0.4, 0.5) is 0 Å². The minimum absolute atomic E-state index is 0.118. The molecule has 1 N–H and O–H groups in total. The van der Waals surface area contributed by atoms with Crippen LogP contribution in [-0.2, 0) is 11.3 Å². The summed E-state index contributed by atoms with van der Waals surface area (Å²) in [5.41, 5.74) is 2.19. The topological polar surface area (TPSA) is 81.2 Å². The first kappa shape index (κ1) is 15.9. The quantitative estimate of drug-likeness (QED) is 0.517. The first-order chi connectivity index (χ1) is 12.3. The number of benzene rings is 1. The molecule has 0 aliphatic heterocycles. The van der Waals surface area contributed by atoms with Gasteiger partial charge in [-0.1, -0.05) is 35.1 Å². The Kier molecular flexibility index (Phi) is 4.53. The van der Waals surface area contributed by atoms with Crippen molar-refractivity contribution in [2.45, 2.75) is 11.8 Å². The number of nitrogens with one attached hydrogen (secondary N) is 1. The molecule has 0 unspecified atom stereocenters. The summed E-state index contributed by atoms with van der Waals surface area (Å²) in [7, 11) is 0. The van der Waals surface area contributed by atoms with Crippen LogP contribution in [0.15, 0.2) is 62.0 Å². The van der Waals surface area contributed by atoms with E-state index in [9.17, 15) is 4.79 Å². The van der Waals surface area contributed by atoms with Crippen LogP contribution >= 0.6 is 23.1 Å². The molecule has 3 aromatic heterocycles. The molecule has 0 bridgehead atoms. The van der Waals surface area contributed by atoms with E-state index >= 15 is 0 Å². The Hall–Kier alpha value is -2.58. The molecule has 0 fully saturated rings. The number of fused-ring (bicyclic) bond motifs is 1. The summed E-state index contributed by atoms with van der Waals surface area (Å²) in [5.74, 6) is 0.815. The lowest BCUT2D eigenvalue weighted by Gasteiger charge is -2.00. The fourth-order valence-electron chi connectivity index (χ4n) is 2.21. The molecular formula is C17H13N3O3S2. The Morgan fingerprint density at radius 1 is 1.24 bits per heavy atom. The lowest BCUT2D eigenvalue weighted by molar-refractivity contribution is -0.118. The van der Waals surface area contributed by atoms with Crippen molar-refractivity contribution in [1.82, 2.24) is 15.5 Å². The summed E-state index contributed by atoms with van der Waals surface area (Å²) in [6.45, 7) is 0.321. The highest BCUT2D eigenvalue weighted by molar-refractivity contribution is 7.99. The maximum Gasteiger partial charge on any atom is 0.257 e. The largest absolute Gasteiger partial charge is 0.431 e. The molecule has 0 saturated carbocycles. The Morgan fingerprint density at radius 3 is 3.00 bits per heavy atom. The zero-order valence-corrected chi connectivity index (χ0v) is 14.6. The highest BCUT2D eigenvalue weighted by atomic mass is 32.2. The Labute approximate surface area is 151 Å². The van der Waals surface area contributed by atoms with Crippen LogP contribution in [0.5, 0.6) is 0 Å². The number of rotatable bonds is 6. The molecule has 0 radical (unpaired) electrons. The number of hydrogen-bond donors (Lipinski definition) is 1. The summed E-state index contributed by atoms with van der Waals surface area (Å²) in [5, 5.41) is 9.24. The molecule has 0 saturated heterocycles. The number of oxazole rings is 1. The number of para-hydroxylation sites is 2. The van der Waals surface area contributed by atoms with E-state index in [0.717, 1.165) is 10.4 Å². The van der Waals surface area contributed by atoms with Gasteiger partial charge in [0.15, 0.2) is 11.3 Å². The van der Waals surface area contributed by atoms with Crippen LogP contribution in [0.25, 0.3) is 21.7 Å². The standard InChI is InChI=1S/C17H13N3O3S2/c21-16(10-25-17-19-12-4-1-2-5-13(12)22-17)18-9-11-8-14(23-20-11)15-6-3-7-24-15/h1-8H,9-10H2,(H,18,21). The normalized spacial score (nSPS) is 11.0. The average molecular weight is 371 g/mol. The van der Waals surface area contributed by atoms with Gasteiger partial charge in [0.25, 0.3) is 5.22 Å². The van der Waals surface area contributed by atoms with Gasteiger partial charge in [-0.05, 0) is 23.6 Å². The number of thioether (sulfide) groups is 1. The van der Waals surface area contributed by atoms with Crippen molar-refractivity contribution in [3.8, 4) is 10.6 Å². The van der Waals surface area contributed by atoms with Crippen molar-refractivity contribution >= 4 is 40.1 Å². The molecule has 0 aliphatic carbocycles. The molecule has 6 nitrogen and oxygen atoms in total. The first-order valence-corrected chi connectivity index (χ1v) is 9.39. The zero-order chi connectivity index (χ0) is 17.1. The molecule has 1 amide bonds. The van der Waals surface area contributed by atoms with Gasteiger partial charge in [0.2, 0.25) is 5.91 Å². The average Bonchev–Trinajstić information content (AvgIpc) is 3.37. The SMILES string of the molecule is O=C(CSc1nc2ccccc2o1)NCc1cc(-c2cccs2)on1. The van der Waals surface area contributed by atoms with Crippen molar-refractivity contribution in [2.75, 3.05) is 5.75 Å². The summed E-state index contributed by atoms with van der Waals surface area (Å²) in [6.07, 6.45) is 0. The highest BCUT2D eigenvalue weighted by Gasteiger charge is 2.11. The third kappa shape index (κ3) is 3.75. The van der Waals surface area contributed by atoms with E-state index in [1.54, 1.807) is 11.3 Å². The lowest BCUT2D eigenvalue weighted by atomic mass is 10.3. The summed E-state index contributed by atoms with van der Waals surface area (Å²) in [6, 6.07) is 13.3. The fourth-order valence-corrected chi connectivity index (χ4v) is 3.55. The van der Waals surface area contributed by atoms with Crippen molar-refractivity contribution in [1.29, 1.82) is 0 Å². The molecule has 126 valence electrons. The number of carbonyl (C=O) groups excluding carboxylic acids is 1. The first-order valence-electron chi connectivity index (χ1n) is 7.52. The van der Waals surface area contributed by atoms with Gasteiger partial charge < -0.3 is 14.3 Å². The van der Waals surface area contributed by atoms with E-state index < -0.39 is 0 Å². The van der Waals surface area contributed by atoms with E-state index in [1.165, 1.54) is 11.8 Å². The smallest absolute Gasteiger partial charge is 0.257 e. The predicted molar refractivity (Wildman–Crippen MR) is 96.4 cm³/mol. The van der Waals surface area contributed by atoms with Gasteiger partial charge >= 0.3 is 0 Å². The second-order valence-corrected chi connectivity index (χ2v) is 7.05. The summed E-state index contributed by atoms with van der Waals surface area (Å²) >= 11 is 2.84. The van der Waals surface area contributed by atoms with E-state index in [0.29, 0.717) is 28.8 Å². The van der Waals surface area contributed by atoms with Crippen LogP contribution in [0.1, 0.15) is 5.69 Å². The van der Waals surface area contributed by atoms with Crippen molar-refractivity contribution in [2.24, 2.45) is 0 Å². The number of nitrogens with zero attached hydrogens (tertiary/aromatic N) is 2. The molecule has 0 spiro atoms. The minimum Gasteiger partial charge on any atom is -0.431 e. The van der Waals surface area contributed by atoms with Crippen LogP contribution in [0.2, 0.25) is 0 Å². The van der Waals surface area contributed by atoms with Crippen molar-refractivity contribution in [3.05, 3.63) is 53.5 Å². The maximum atomic E-state index is 12.0. The van der Waals surface area contributed by atoms with Crippen LogP contribution in [-0.4, -0.2) is 21.8 Å². The van der Waals surface area contributed by atoms with Gasteiger partial charge in [-0.3, -0.25) is 4.79 Å². The third-order valence-corrected chi connectivity index (χ3v) is 5.10. The van der Waals surface area contributed by atoms with E-state index in [-0.39, 0.29) is 11.7 Å². The van der Waals surface area contributed by atoms with Crippen LogP contribution < -0.4 is 5.32 Å². The van der Waals surface area contributed by atoms with Crippen molar-refractivity contribution in [3.63, 3.8) is 0 Å². The molecule has 25 heavy (non-hydrogen) atoms. The van der Waals surface area contributed by atoms with Gasteiger partial charge in [-0.2, -0.15) is 0 Å². The zero-order valence-electron chi connectivity index (χ0n) is 13.0. The van der Waals surface area contributed by atoms with E-state index in [4.69, 9.17) is 8.94 Å². The van der Waals surface area contributed by atoms with E-state index in [1.807, 2.05) is 47.8 Å². The minimum atomic E-state index is -0.118. The second-order valence-electron chi connectivity index (χ2n) is 5.17. The second kappa shape index (κ2) is 7.12. The Morgan fingerprint density at radius 2 is 2.16 bits per heavy atom. The molecule has 4 aromatic rings. The Bertz CT molecular complexity index is 959. The lowest BCUT2D eigenvalue weighted by Crippen LogP contribution is -2.24. The van der Waals surface area contributed by atoms with Gasteiger partial charge in [0.1, 0.15) is 11.2 Å². The van der Waals surface area contributed by atoms with Crippen LogP contribution in [0, 0.1) is 0 Å².